The molecule has 0 bridgehead atoms. The van der Waals surface area contributed by atoms with Crippen LogP contribution in [-0.2, 0) is 14.3 Å². The maximum atomic E-state index is 13.2. The number of ether oxygens (including phenoxy) is 1. The van der Waals surface area contributed by atoms with E-state index in [4.69, 9.17) is 4.74 Å². The number of rotatable bonds is 2. The fourth-order valence-corrected chi connectivity index (χ4v) is 4.90. The normalized spacial score (nSPS) is 34.9. The molecule has 35 heavy (non-hydrogen) atoms. The van der Waals surface area contributed by atoms with Gasteiger partial charge < -0.3 is 20.1 Å². The molecular weight excluding hydrogens is 466 g/mol. The number of cyclic esters (lactones) is 1. The molecular formula is C27H41NO6S. The van der Waals surface area contributed by atoms with Gasteiger partial charge in [-0.2, -0.15) is 0 Å². The number of aromatic nitrogens is 1. The fraction of sp³-hybridized carbons (Fsp3) is 0.667. The number of hydrogen-bond donors (Lipinski definition) is 3. The van der Waals surface area contributed by atoms with Crippen LogP contribution in [0.25, 0.3) is 6.08 Å². The van der Waals surface area contributed by atoms with Crippen molar-refractivity contribution < 1.29 is 29.6 Å². The van der Waals surface area contributed by atoms with Gasteiger partial charge in [0.25, 0.3) is 0 Å². The summed E-state index contributed by atoms with van der Waals surface area (Å²) in [6.07, 6.45) is 2.31. The minimum Gasteiger partial charge on any atom is -0.458 e. The summed E-state index contributed by atoms with van der Waals surface area (Å²) in [5.41, 5.74) is 0.234. The fourth-order valence-electron chi connectivity index (χ4n) is 4.33. The summed E-state index contributed by atoms with van der Waals surface area (Å²) in [5.74, 6) is -2.08. The summed E-state index contributed by atoms with van der Waals surface area (Å²) >= 11 is 1.52. The second-order valence-corrected chi connectivity index (χ2v) is 11.6. The lowest BCUT2D eigenvalue weighted by Gasteiger charge is -2.34. The van der Waals surface area contributed by atoms with Crippen LogP contribution in [0.15, 0.2) is 23.1 Å². The van der Waals surface area contributed by atoms with Crippen LogP contribution < -0.4 is 0 Å². The standard InChI is InChI=1S/C27H41NO6S/c1-15-9-8-10-16(2)25(32)18(4)26(33)27(6,7)23(30)13-24(31)34-22(12-21(15)29)17(3)11-20-14-35-19(5)28-20/h8-9,11,14-16,18,21-23,25,29-30,32H,10,12-13H2,1-7H3/b9-8+,17-11+/t15?,16-,18+,21?,22-,23-,25-/m0/s1. The van der Waals surface area contributed by atoms with Gasteiger partial charge in [-0.3, -0.25) is 9.59 Å². The van der Waals surface area contributed by atoms with Crippen molar-refractivity contribution in [2.45, 2.75) is 92.1 Å². The van der Waals surface area contributed by atoms with Crippen LogP contribution in [0.3, 0.4) is 0 Å². The van der Waals surface area contributed by atoms with Gasteiger partial charge in [-0.25, -0.2) is 4.98 Å². The smallest absolute Gasteiger partial charge is 0.309 e. The highest BCUT2D eigenvalue weighted by Crippen LogP contribution is 2.32. The van der Waals surface area contributed by atoms with Crippen molar-refractivity contribution >= 4 is 29.2 Å². The first kappa shape index (κ1) is 29.4. The van der Waals surface area contributed by atoms with Gasteiger partial charge in [-0.05, 0) is 37.8 Å². The predicted molar refractivity (Wildman–Crippen MR) is 138 cm³/mol. The molecule has 2 rings (SSSR count). The number of carbonyl (C=O) groups excluding carboxylic acids is 2. The minimum atomic E-state index is -1.28. The van der Waals surface area contributed by atoms with E-state index in [1.807, 2.05) is 51.3 Å². The lowest BCUT2D eigenvalue weighted by molar-refractivity contribution is -0.155. The molecule has 1 aromatic rings. The first-order chi connectivity index (χ1) is 16.2. The number of Topliss-reactive ketones (excluding diaryl/α,β-unsaturated/α-hetero) is 1. The third-order valence-electron chi connectivity index (χ3n) is 7.14. The van der Waals surface area contributed by atoms with Crippen molar-refractivity contribution in [3.05, 3.63) is 33.8 Å². The van der Waals surface area contributed by atoms with E-state index < -0.39 is 41.7 Å². The van der Waals surface area contributed by atoms with E-state index in [9.17, 15) is 24.9 Å². The zero-order valence-electron chi connectivity index (χ0n) is 21.9. The van der Waals surface area contributed by atoms with Crippen LogP contribution in [-0.4, -0.2) is 56.5 Å². The number of thiazole rings is 1. The Balaban J connectivity index is 2.38. The van der Waals surface area contributed by atoms with Crippen molar-refractivity contribution in [2.75, 3.05) is 0 Å². The summed E-state index contributed by atoms with van der Waals surface area (Å²) < 4.78 is 5.74. The molecule has 1 aromatic heterocycles. The first-order valence-corrected chi connectivity index (χ1v) is 13.2. The van der Waals surface area contributed by atoms with Crippen molar-refractivity contribution in [1.82, 2.24) is 4.98 Å². The van der Waals surface area contributed by atoms with Gasteiger partial charge in [0.2, 0.25) is 0 Å². The van der Waals surface area contributed by atoms with Crippen LogP contribution in [0, 0.1) is 30.1 Å². The zero-order valence-corrected chi connectivity index (χ0v) is 22.7. The Morgan fingerprint density at radius 2 is 1.86 bits per heavy atom. The number of allylic oxidation sites excluding steroid dienone is 1. The molecule has 0 aromatic carbocycles. The predicted octanol–water partition coefficient (Wildman–Crippen LogP) is 4.09. The summed E-state index contributed by atoms with van der Waals surface area (Å²) in [4.78, 5) is 30.5. The Hall–Kier alpha value is -1.87. The molecule has 0 radical (unpaired) electrons. The third-order valence-corrected chi connectivity index (χ3v) is 7.93. The maximum Gasteiger partial charge on any atom is 0.309 e. The number of esters is 1. The lowest BCUT2D eigenvalue weighted by atomic mass is 9.73. The van der Waals surface area contributed by atoms with E-state index >= 15 is 0 Å². The lowest BCUT2D eigenvalue weighted by Crippen LogP contribution is -2.45. The van der Waals surface area contributed by atoms with Gasteiger partial charge >= 0.3 is 5.97 Å². The minimum absolute atomic E-state index is 0.177. The van der Waals surface area contributed by atoms with Crippen LogP contribution in [0.5, 0.6) is 0 Å². The summed E-state index contributed by atoms with van der Waals surface area (Å²) in [6, 6.07) is 0. The molecule has 1 aliphatic rings. The van der Waals surface area contributed by atoms with Crippen molar-refractivity contribution in [1.29, 1.82) is 0 Å². The Kier molecular flexibility index (Phi) is 10.4. The number of carbonyl (C=O) groups is 2. The van der Waals surface area contributed by atoms with Crippen molar-refractivity contribution in [3.63, 3.8) is 0 Å². The van der Waals surface area contributed by atoms with E-state index in [-0.39, 0.29) is 30.5 Å². The van der Waals surface area contributed by atoms with Crippen molar-refractivity contribution in [3.8, 4) is 0 Å². The second-order valence-electron chi connectivity index (χ2n) is 10.5. The van der Waals surface area contributed by atoms with Crippen LogP contribution in [0.2, 0.25) is 0 Å². The highest BCUT2D eigenvalue weighted by Gasteiger charge is 2.42. The SMILES string of the molecule is C/C(=C\c1csc(C)n1)[C@@H]1CC(O)C(C)/C=C/C[C@H](C)[C@H](O)[C@@H](C)C(=O)C(C)(C)[C@@H](O)CC(=O)O1. The molecule has 0 saturated carbocycles. The first-order valence-electron chi connectivity index (χ1n) is 12.3. The molecule has 0 saturated heterocycles. The number of ketones is 1. The number of hydrogen-bond acceptors (Lipinski definition) is 8. The second kappa shape index (κ2) is 12.4. The molecule has 7 atom stereocenters. The Bertz CT molecular complexity index is 936. The molecule has 0 amide bonds. The molecule has 8 heteroatoms. The van der Waals surface area contributed by atoms with Gasteiger partial charge in [0.1, 0.15) is 11.9 Å². The summed E-state index contributed by atoms with van der Waals surface area (Å²) in [6.45, 7) is 12.3. The Morgan fingerprint density at radius 3 is 2.46 bits per heavy atom. The van der Waals surface area contributed by atoms with Crippen LogP contribution >= 0.6 is 11.3 Å². The van der Waals surface area contributed by atoms with E-state index in [1.165, 1.54) is 11.3 Å². The monoisotopic (exact) mass is 507 g/mol. The Labute approximate surface area is 212 Å². The number of nitrogens with zero attached hydrogens (tertiary/aromatic N) is 1. The number of aliphatic hydroxyl groups excluding tert-OH is 3. The highest BCUT2D eigenvalue weighted by molar-refractivity contribution is 7.09. The van der Waals surface area contributed by atoms with Gasteiger partial charge in [0.05, 0.1) is 40.8 Å². The average Bonchev–Trinajstić information content (AvgIpc) is 3.20. The average molecular weight is 508 g/mol. The van der Waals surface area contributed by atoms with Crippen LogP contribution in [0.1, 0.15) is 71.5 Å². The van der Waals surface area contributed by atoms with Gasteiger partial charge in [-0.15, -0.1) is 11.3 Å². The summed E-state index contributed by atoms with van der Waals surface area (Å²) in [5, 5.41) is 35.3. The molecule has 3 N–H and O–H groups in total. The van der Waals surface area contributed by atoms with Gasteiger partial charge in [-0.1, -0.05) is 46.8 Å². The van der Waals surface area contributed by atoms with Gasteiger partial charge in [0.15, 0.2) is 0 Å². The van der Waals surface area contributed by atoms with Crippen molar-refractivity contribution in [2.24, 2.45) is 23.2 Å². The Morgan fingerprint density at radius 1 is 1.20 bits per heavy atom. The molecule has 2 unspecified atom stereocenters. The maximum absolute atomic E-state index is 13.2. The molecule has 2 heterocycles. The summed E-state index contributed by atoms with van der Waals surface area (Å²) in [7, 11) is 0. The molecule has 1 aliphatic heterocycles. The molecule has 196 valence electrons. The number of aryl methyl sites for hydroxylation is 1. The number of aliphatic hydroxyl groups is 3. The van der Waals surface area contributed by atoms with Crippen LogP contribution in [0.4, 0.5) is 0 Å². The zero-order chi connectivity index (χ0) is 26.5. The van der Waals surface area contributed by atoms with E-state index in [0.717, 1.165) is 16.3 Å². The van der Waals surface area contributed by atoms with Gasteiger partial charge in [0, 0.05) is 23.6 Å². The topological polar surface area (TPSA) is 117 Å². The molecule has 0 spiro atoms. The largest absolute Gasteiger partial charge is 0.458 e. The van der Waals surface area contributed by atoms with E-state index in [0.29, 0.717) is 6.42 Å². The third kappa shape index (κ3) is 7.81. The molecule has 0 aliphatic carbocycles. The molecule has 0 fully saturated rings. The molecule has 7 nitrogen and oxygen atoms in total. The van der Waals surface area contributed by atoms with E-state index in [2.05, 4.69) is 4.98 Å². The highest BCUT2D eigenvalue weighted by atomic mass is 32.1. The quantitative estimate of drug-likeness (QED) is 0.408. The van der Waals surface area contributed by atoms with E-state index in [1.54, 1.807) is 20.8 Å².